The number of urea groups is 1. The molecule has 3 amide bonds. The molecule has 0 atom stereocenters. The zero-order valence-corrected chi connectivity index (χ0v) is 13.8. The fraction of sp³-hybridized carbons (Fsp3) is 0.529. The first kappa shape index (κ1) is 18.2. The standard InChI is InChI=1S/C17H27N3O2/c1-4-10-20(12-15-8-6-5-7-9-15)13-16(21)19-17(22)18-11-14(2)3/h5-9,14H,4,10-13H2,1-3H3,(H2,18,19,21,22). The molecule has 1 rings (SSSR count). The molecule has 2 N–H and O–H groups in total. The minimum Gasteiger partial charge on any atom is -0.338 e. The SMILES string of the molecule is CCCN(CC(=O)NC(=O)NCC(C)C)Cc1ccccc1. The van der Waals surface area contributed by atoms with Crippen LogP contribution in [0.4, 0.5) is 4.79 Å². The normalized spacial score (nSPS) is 10.8. The van der Waals surface area contributed by atoms with Crippen LogP contribution in [-0.4, -0.2) is 36.5 Å². The van der Waals surface area contributed by atoms with Gasteiger partial charge >= 0.3 is 6.03 Å². The van der Waals surface area contributed by atoms with E-state index in [1.54, 1.807) is 0 Å². The van der Waals surface area contributed by atoms with Crippen molar-refractivity contribution in [2.75, 3.05) is 19.6 Å². The molecule has 0 saturated heterocycles. The Kier molecular flexibility index (Phi) is 8.22. The average Bonchev–Trinajstić information content (AvgIpc) is 2.46. The Bertz CT molecular complexity index is 460. The highest BCUT2D eigenvalue weighted by Crippen LogP contribution is 2.04. The number of imide groups is 1. The number of carbonyl (C=O) groups is 2. The van der Waals surface area contributed by atoms with E-state index < -0.39 is 6.03 Å². The third kappa shape index (κ3) is 7.78. The molecular weight excluding hydrogens is 278 g/mol. The highest BCUT2D eigenvalue weighted by atomic mass is 16.2. The van der Waals surface area contributed by atoms with E-state index in [2.05, 4.69) is 17.6 Å². The molecule has 0 unspecified atom stereocenters. The molecule has 5 heteroatoms. The van der Waals surface area contributed by atoms with Crippen LogP contribution in [0.3, 0.4) is 0 Å². The molecule has 0 aliphatic heterocycles. The lowest BCUT2D eigenvalue weighted by Crippen LogP contribution is -2.45. The minimum absolute atomic E-state index is 0.220. The first-order chi connectivity index (χ1) is 10.5. The summed E-state index contributed by atoms with van der Waals surface area (Å²) in [5.41, 5.74) is 1.16. The summed E-state index contributed by atoms with van der Waals surface area (Å²) in [6, 6.07) is 9.60. The molecule has 0 aliphatic rings. The number of nitrogens with one attached hydrogen (secondary N) is 2. The van der Waals surface area contributed by atoms with E-state index in [4.69, 9.17) is 0 Å². The minimum atomic E-state index is -0.421. The average molecular weight is 305 g/mol. The van der Waals surface area contributed by atoms with Crippen molar-refractivity contribution in [1.82, 2.24) is 15.5 Å². The van der Waals surface area contributed by atoms with Crippen LogP contribution in [0.5, 0.6) is 0 Å². The van der Waals surface area contributed by atoms with Crippen molar-refractivity contribution < 1.29 is 9.59 Å². The molecule has 0 bridgehead atoms. The van der Waals surface area contributed by atoms with Gasteiger partial charge in [-0.25, -0.2) is 4.79 Å². The Labute approximate surface area is 133 Å². The van der Waals surface area contributed by atoms with Crippen molar-refractivity contribution in [3.8, 4) is 0 Å². The molecule has 1 aromatic carbocycles. The predicted octanol–water partition coefficient (Wildman–Crippen LogP) is 2.38. The van der Waals surface area contributed by atoms with E-state index in [1.807, 2.05) is 49.1 Å². The van der Waals surface area contributed by atoms with Gasteiger partial charge in [-0.3, -0.25) is 15.0 Å². The maximum Gasteiger partial charge on any atom is 0.321 e. The third-order valence-electron chi connectivity index (χ3n) is 3.08. The molecule has 0 heterocycles. The first-order valence-corrected chi connectivity index (χ1v) is 7.85. The smallest absolute Gasteiger partial charge is 0.321 e. The monoisotopic (exact) mass is 305 g/mol. The van der Waals surface area contributed by atoms with Crippen molar-refractivity contribution in [1.29, 1.82) is 0 Å². The maximum absolute atomic E-state index is 12.0. The Morgan fingerprint density at radius 1 is 1.18 bits per heavy atom. The molecule has 0 fully saturated rings. The summed E-state index contributed by atoms with van der Waals surface area (Å²) in [5, 5.41) is 5.06. The topological polar surface area (TPSA) is 61.4 Å². The van der Waals surface area contributed by atoms with Crippen LogP contribution < -0.4 is 10.6 Å². The Hall–Kier alpha value is -1.88. The van der Waals surface area contributed by atoms with E-state index in [0.717, 1.165) is 18.5 Å². The maximum atomic E-state index is 12.0. The number of rotatable bonds is 8. The van der Waals surface area contributed by atoms with Crippen LogP contribution in [0.2, 0.25) is 0 Å². The molecule has 1 aromatic rings. The molecule has 0 aliphatic carbocycles. The van der Waals surface area contributed by atoms with Crippen LogP contribution in [0.1, 0.15) is 32.8 Å². The van der Waals surface area contributed by atoms with Crippen molar-refractivity contribution in [3.63, 3.8) is 0 Å². The van der Waals surface area contributed by atoms with Crippen molar-refractivity contribution in [3.05, 3.63) is 35.9 Å². The molecule has 0 spiro atoms. The third-order valence-corrected chi connectivity index (χ3v) is 3.08. The highest BCUT2D eigenvalue weighted by molar-refractivity contribution is 5.95. The van der Waals surface area contributed by atoms with E-state index in [9.17, 15) is 9.59 Å². The van der Waals surface area contributed by atoms with Gasteiger partial charge in [-0.05, 0) is 24.4 Å². The fourth-order valence-electron chi connectivity index (χ4n) is 2.08. The highest BCUT2D eigenvalue weighted by Gasteiger charge is 2.13. The second kappa shape index (κ2) is 9.95. The van der Waals surface area contributed by atoms with Crippen molar-refractivity contribution >= 4 is 11.9 Å². The molecular formula is C17H27N3O2. The van der Waals surface area contributed by atoms with Gasteiger partial charge in [0.2, 0.25) is 5.91 Å². The van der Waals surface area contributed by atoms with Crippen LogP contribution in [0.25, 0.3) is 0 Å². The van der Waals surface area contributed by atoms with Gasteiger partial charge in [0, 0.05) is 13.1 Å². The number of nitrogens with zero attached hydrogens (tertiary/aromatic N) is 1. The quantitative estimate of drug-likeness (QED) is 0.775. The van der Waals surface area contributed by atoms with Gasteiger partial charge in [-0.1, -0.05) is 51.1 Å². The number of hydrogen-bond acceptors (Lipinski definition) is 3. The fourth-order valence-corrected chi connectivity index (χ4v) is 2.08. The van der Waals surface area contributed by atoms with E-state index in [-0.39, 0.29) is 12.5 Å². The van der Waals surface area contributed by atoms with Gasteiger partial charge in [-0.15, -0.1) is 0 Å². The summed E-state index contributed by atoms with van der Waals surface area (Å²) in [4.78, 5) is 25.6. The number of amides is 3. The van der Waals surface area contributed by atoms with E-state index >= 15 is 0 Å². The summed E-state index contributed by atoms with van der Waals surface area (Å²) in [6.45, 7) is 8.38. The van der Waals surface area contributed by atoms with Gasteiger partial charge in [-0.2, -0.15) is 0 Å². The Morgan fingerprint density at radius 2 is 1.86 bits per heavy atom. The van der Waals surface area contributed by atoms with Crippen LogP contribution in [-0.2, 0) is 11.3 Å². The molecule has 22 heavy (non-hydrogen) atoms. The second-order valence-corrected chi connectivity index (χ2v) is 5.85. The van der Waals surface area contributed by atoms with Crippen LogP contribution in [0, 0.1) is 5.92 Å². The van der Waals surface area contributed by atoms with Crippen molar-refractivity contribution in [2.45, 2.75) is 33.7 Å². The lowest BCUT2D eigenvalue weighted by atomic mass is 10.2. The van der Waals surface area contributed by atoms with Crippen molar-refractivity contribution in [2.24, 2.45) is 5.92 Å². The number of hydrogen-bond donors (Lipinski definition) is 2. The van der Waals surface area contributed by atoms with Crippen LogP contribution >= 0.6 is 0 Å². The lowest BCUT2D eigenvalue weighted by molar-refractivity contribution is -0.121. The zero-order chi connectivity index (χ0) is 16.4. The van der Waals surface area contributed by atoms with Gasteiger partial charge in [0.05, 0.1) is 6.54 Å². The predicted molar refractivity (Wildman–Crippen MR) is 88.4 cm³/mol. The van der Waals surface area contributed by atoms with Gasteiger partial charge in [0.15, 0.2) is 0 Å². The summed E-state index contributed by atoms with van der Waals surface area (Å²) >= 11 is 0. The summed E-state index contributed by atoms with van der Waals surface area (Å²) < 4.78 is 0. The van der Waals surface area contributed by atoms with E-state index in [1.165, 1.54) is 0 Å². The zero-order valence-electron chi connectivity index (χ0n) is 13.8. The number of benzene rings is 1. The van der Waals surface area contributed by atoms with Gasteiger partial charge in [0.1, 0.15) is 0 Å². The molecule has 0 radical (unpaired) electrons. The first-order valence-electron chi connectivity index (χ1n) is 7.85. The van der Waals surface area contributed by atoms with Crippen LogP contribution in [0.15, 0.2) is 30.3 Å². The number of carbonyl (C=O) groups excluding carboxylic acids is 2. The molecule has 122 valence electrons. The Balaban J connectivity index is 2.45. The van der Waals surface area contributed by atoms with Gasteiger partial charge < -0.3 is 5.32 Å². The largest absolute Gasteiger partial charge is 0.338 e. The summed E-state index contributed by atoms with van der Waals surface area (Å²) in [5.74, 6) is 0.0844. The molecule has 0 aromatic heterocycles. The van der Waals surface area contributed by atoms with Gasteiger partial charge in [0.25, 0.3) is 0 Å². The summed E-state index contributed by atoms with van der Waals surface area (Å²) in [7, 11) is 0. The molecule has 5 nitrogen and oxygen atoms in total. The summed E-state index contributed by atoms with van der Waals surface area (Å²) in [6.07, 6.45) is 0.958. The van der Waals surface area contributed by atoms with E-state index in [0.29, 0.717) is 19.0 Å². The Morgan fingerprint density at radius 3 is 2.45 bits per heavy atom. The lowest BCUT2D eigenvalue weighted by Gasteiger charge is -2.21. The second-order valence-electron chi connectivity index (χ2n) is 5.85. The molecule has 0 saturated carbocycles.